The number of aliphatic carboxylic acids is 1. The molecule has 0 saturated heterocycles. The maximum atomic E-state index is 12.3. The molecule has 0 atom stereocenters. The summed E-state index contributed by atoms with van der Waals surface area (Å²) in [6.45, 7) is 8.29. The first-order chi connectivity index (χ1) is 12.9. The SMILES string of the molecule is CC(C)(C)OC(=O)Nc1ccc(C(=O)OC(C)(C)C(=O)O)cc1OCC1CC1. The van der Waals surface area contributed by atoms with Crippen LogP contribution in [0, 0.1) is 5.92 Å². The lowest BCUT2D eigenvalue weighted by Crippen LogP contribution is -2.37. The summed E-state index contributed by atoms with van der Waals surface area (Å²) in [4.78, 5) is 35.6. The summed E-state index contributed by atoms with van der Waals surface area (Å²) in [5, 5.41) is 11.7. The van der Waals surface area contributed by atoms with Crippen molar-refractivity contribution < 1.29 is 33.7 Å². The summed E-state index contributed by atoms with van der Waals surface area (Å²) in [5.41, 5.74) is -1.86. The second-order valence-electron chi connectivity index (χ2n) is 8.30. The van der Waals surface area contributed by atoms with E-state index in [1.807, 2.05) is 0 Å². The predicted octanol–water partition coefficient (Wildman–Crippen LogP) is 3.84. The fraction of sp³-hybridized carbons (Fsp3) is 0.550. The molecule has 1 aliphatic carbocycles. The molecular weight excluding hydrogens is 366 g/mol. The van der Waals surface area contributed by atoms with Gasteiger partial charge in [-0.1, -0.05) is 0 Å². The highest BCUT2D eigenvalue weighted by molar-refractivity contribution is 5.94. The molecule has 0 heterocycles. The molecular formula is C20H27NO7. The third-order valence-electron chi connectivity index (χ3n) is 3.89. The van der Waals surface area contributed by atoms with Gasteiger partial charge >= 0.3 is 18.0 Å². The summed E-state index contributed by atoms with van der Waals surface area (Å²) in [5.74, 6) is -1.31. The van der Waals surface area contributed by atoms with Crippen molar-refractivity contribution in [1.82, 2.24) is 0 Å². The Kier molecular flexibility index (Phi) is 6.21. The number of benzene rings is 1. The first kappa shape index (κ1) is 21.5. The Morgan fingerprint density at radius 3 is 2.29 bits per heavy atom. The fourth-order valence-electron chi connectivity index (χ4n) is 2.11. The van der Waals surface area contributed by atoms with Gasteiger partial charge < -0.3 is 19.3 Å². The zero-order valence-electron chi connectivity index (χ0n) is 16.8. The van der Waals surface area contributed by atoms with Crippen molar-refractivity contribution in [2.45, 2.75) is 58.7 Å². The Morgan fingerprint density at radius 2 is 1.75 bits per heavy atom. The molecule has 1 amide bonds. The number of rotatable bonds is 7. The number of carboxylic acids is 1. The Balaban J connectivity index is 2.19. The molecule has 1 fully saturated rings. The molecule has 0 aliphatic heterocycles. The van der Waals surface area contributed by atoms with E-state index in [0.717, 1.165) is 12.8 Å². The van der Waals surface area contributed by atoms with Crippen LogP contribution in [0.5, 0.6) is 5.75 Å². The molecule has 8 heteroatoms. The molecule has 1 aliphatic rings. The van der Waals surface area contributed by atoms with Crippen LogP contribution in [0.2, 0.25) is 0 Å². The fourth-order valence-corrected chi connectivity index (χ4v) is 2.11. The van der Waals surface area contributed by atoms with Crippen molar-refractivity contribution in [1.29, 1.82) is 0 Å². The average Bonchev–Trinajstić information content (AvgIpc) is 3.35. The highest BCUT2D eigenvalue weighted by atomic mass is 16.6. The molecule has 8 nitrogen and oxygen atoms in total. The number of esters is 1. The van der Waals surface area contributed by atoms with Crippen LogP contribution in [0.25, 0.3) is 0 Å². The minimum absolute atomic E-state index is 0.120. The van der Waals surface area contributed by atoms with Crippen molar-refractivity contribution in [3.05, 3.63) is 23.8 Å². The van der Waals surface area contributed by atoms with Crippen LogP contribution in [0.15, 0.2) is 18.2 Å². The molecule has 1 saturated carbocycles. The summed E-state index contributed by atoms with van der Waals surface area (Å²) in [6.07, 6.45) is 1.50. The maximum absolute atomic E-state index is 12.3. The van der Waals surface area contributed by atoms with Crippen molar-refractivity contribution in [2.24, 2.45) is 5.92 Å². The summed E-state index contributed by atoms with van der Waals surface area (Å²) in [7, 11) is 0. The first-order valence-electron chi connectivity index (χ1n) is 9.11. The van der Waals surface area contributed by atoms with E-state index in [9.17, 15) is 14.4 Å². The molecule has 154 valence electrons. The zero-order chi connectivity index (χ0) is 21.1. The standard InChI is InChI=1S/C20H27NO7/c1-19(2,3)28-18(25)21-14-9-8-13(10-15(14)26-11-12-6-7-12)16(22)27-20(4,5)17(23)24/h8-10,12H,6-7,11H2,1-5H3,(H,21,25)(H,23,24). The monoisotopic (exact) mass is 393 g/mol. The number of carbonyl (C=O) groups is 3. The minimum atomic E-state index is -1.67. The van der Waals surface area contributed by atoms with Gasteiger partial charge in [-0.3, -0.25) is 5.32 Å². The van der Waals surface area contributed by atoms with Crippen LogP contribution in [-0.2, 0) is 14.3 Å². The van der Waals surface area contributed by atoms with Gasteiger partial charge in [0.05, 0.1) is 17.9 Å². The molecule has 0 unspecified atom stereocenters. The van der Waals surface area contributed by atoms with E-state index in [1.54, 1.807) is 20.8 Å². The number of hydrogen-bond acceptors (Lipinski definition) is 6. The smallest absolute Gasteiger partial charge is 0.412 e. The number of anilines is 1. The summed E-state index contributed by atoms with van der Waals surface area (Å²) in [6, 6.07) is 4.35. The van der Waals surface area contributed by atoms with Crippen LogP contribution >= 0.6 is 0 Å². The van der Waals surface area contributed by atoms with Crippen LogP contribution in [-0.4, -0.2) is 40.9 Å². The third kappa shape index (κ3) is 6.44. The van der Waals surface area contributed by atoms with E-state index in [0.29, 0.717) is 24.0 Å². The van der Waals surface area contributed by atoms with Gasteiger partial charge in [0.25, 0.3) is 0 Å². The van der Waals surface area contributed by atoms with Crippen LogP contribution in [0.3, 0.4) is 0 Å². The van der Waals surface area contributed by atoms with E-state index < -0.39 is 29.2 Å². The molecule has 0 aromatic heterocycles. The third-order valence-corrected chi connectivity index (χ3v) is 3.89. The Hall–Kier alpha value is -2.77. The van der Waals surface area contributed by atoms with Gasteiger partial charge in [0.1, 0.15) is 11.4 Å². The van der Waals surface area contributed by atoms with Crippen LogP contribution in [0.4, 0.5) is 10.5 Å². The quantitative estimate of drug-likeness (QED) is 0.677. The number of carboxylic acid groups (broad SMARTS) is 1. The lowest BCUT2D eigenvalue weighted by molar-refractivity contribution is -0.155. The second-order valence-corrected chi connectivity index (χ2v) is 8.30. The summed E-state index contributed by atoms with van der Waals surface area (Å²) >= 11 is 0. The van der Waals surface area contributed by atoms with Gasteiger partial charge in [0, 0.05) is 0 Å². The van der Waals surface area contributed by atoms with Gasteiger partial charge in [-0.25, -0.2) is 14.4 Å². The van der Waals surface area contributed by atoms with Gasteiger partial charge in [-0.15, -0.1) is 0 Å². The first-order valence-corrected chi connectivity index (χ1v) is 9.11. The van der Waals surface area contributed by atoms with E-state index in [2.05, 4.69) is 5.32 Å². The van der Waals surface area contributed by atoms with E-state index in [1.165, 1.54) is 32.0 Å². The number of nitrogens with one attached hydrogen (secondary N) is 1. The average molecular weight is 393 g/mol. The highest BCUT2D eigenvalue weighted by Crippen LogP contribution is 2.33. The number of amides is 1. The Labute approximate surface area is 164 Å². The van der Waals surface area contributed by atoms with E-state index in [4.69, 9.17) is 19.3 Å². The lowest BCUT2D eigenvalue weighted by atomic mass is 10.1. The Morgan fingerprint density at radius 1 is 1.11 bits per heavy atom. The normalized spacial score (nSPS) is 14.2. The largest absolute Gasteiger partial charge is 0.491 e. The number of hydrogen-bond donors (Lipinski definition) is 2. The lowest BCUT2D eigenvalue weighted by Gasteiger charge is -2.21. The highest BCUT2D eigenvalue weighted by Gasteiger charge is 2.32. The molecule has 1 aromatic rings. The topological polar surface area (TPSA) is 111 Å². The van der Waals surface area contributed by atoms with Crippen LogP contribution in [0.1, 0.15) is 57.8 Å². The maximum Gasteiger partial charge on any atom is 0.412 e. The van der Waals surface area contributed by atoms with Crippen molar-refractivity contribution in [3.63, 3.8) is 0 Å². The number of carbonyl (C=O) groups excluding carboxylic acids is 2. The molecule has 1 aromatic carbocycles. The summed E-state index contributed by atoms with van der Waals surface area (Å²) < 4.78 is 16.1. The predicted molar refractivity (Wildman–Crippen MR) is 102 cm³/mol. The van der Waals surface area contributed by atoms with Gasteiger partial charge in [-0.05, 0) is 71.6 Å². The molecule has 28 heavy (non-hydrogen) atoms. The molecule has 2 rings (SSSR count). The van der Waals surface area contributed by atoms with Crippen molar-refractivity contribution >= 4 is 23.7 Å². The van der Waals surface area contributed by atoms with Crippen LogP contribution < -0.4 is 10.1 Å². The van der Waals surface area contributed by atoms with Gasteiger partial charge in [0.15, 0.2) is 0 Å². The Bertz CT molecular complexity index is 760. The molecule has 0 bridgehead atoms. The molecule has 0 spiro atoms. The molecule has 2 N–H and O–H groups in total. The van der Waals surface area contributed by atoms with E-state index >= 15 is 0 Å². The van der Waals surface area contributed by atoms with Crippen molar-refractivity contribution in [3.8, 4) is 5.75 Å². The number of ether oxygens (including phenoxy) is 3. The van der Waals surface area contributed by atoms with Gasteiger partial charge in [-0.2, -0.15) is 0 Å². The minimum Gasteiger partial charge on any atom is -0.491 e. The zero-order valence-corrected chi connectivity index (χ0v) is 16.8. The van der Waals surface area contributed by atoms with Crippen molar-refractivity contribution in [2.75, 3.05) is 11.9 Å². The van der Waals surface area contributed by atoms with Gasteiger partial charge in [0.2, 0.25) is 5.60 Å². The molecule has 0 radical (unpaired) electrons. The second kappa shape index (κ2) is 8.08. The van der Waals surface area contributed by atoms with E-state index in [-0.39, 0.29) is 5.56 Å².